The summed E-state index contributed by atoms with van der Waals surface area (Å²) in [4.78, 5) is 12.5. The van der Waals surface area contributed by atoms with Gasteiger partial charge in [0.05, 0.1) is 5.39 Å². The fourth-order valence-corrected chi connectivity index (χ4v) is 3.21. The molecular weight excluding hydrogens is 306 g/mol. The van der Waals surface area contributed by atoms with E-state index < -0.39 is 0 Å². The molecule has 0 spiro atoms. The van der Waals surface area contributed by atoms with Crippen LogP contribution in [0.4, 0.5) is 0 Å². The van der Waals surface area contributed by atoms with Crippen molar-refractivity contribution in [2.75, 3.05) is 0 Å². The lowest BCUT2D eigenvalue weighted by atomic mass is 9.99. The molecule has 126 valence electrons. The molecule has 0 radical (unpaired) electrons. The molecule has 0 fully saturated rings. The molecule has 0 bridgehead atoms. The quantitative estimate of drug-likeness (QED) is 0.326. The van der Waals surface area contributed by atoms with Crippen LogP contribution in [-0.4, -0.2) is 10.9 Å². The molecule has 0 unspecified atom stereocenters. The zero-order valence-corrected chi connectivity index (χ0v) is 14.4. The first-order valence-corrected chi connectivity index (χ1v) is 8.17. The van der Waals surface area contributed by atoms with E-state index in [1.54, 1.807) is 6.92 Å². The van der Waals surface area contributed by atoms with E-state index in [0.29, 0.717) is 22.6 Å². The Kier molecular flexibility index (Phi) is 4.18. The van der Waals surface area contributed by atoms with E-state index in [-0.39, 0.29) is 5.63 Å². The fourth-order valence-electron chi connectivity index (χ4n) is 3.21. The van der Waals surface area contributed by atoms with Crippen LogP contribution < -0.4 is 5.63 Å². The number of unbranched alkanes of at least 4 members (excludes halogenated alkanes) is 1. The predicted octanol–water partition coefficient (Wildman–Crippen LogP) is 4.70. The van der Waals surface area contributed by atoms with E-state index >= 15 is 0 Å². The summed E-state index contributed by atoms with van der Waals surface area (Å²) in [5.74, 6) is 0.496. The molecule has 2 heterocycles. The van der Waals surface area contributed by atoms with Gasteiger partial charge in [-0.25, -0.2) is 4.79 Å². The van der Waals surface area contributed by atoms with Gasteiger partial charge in [0, 0.05) is 16.5 Å². The van der Waals surface area contributed by atoms with Crippen molar-refractivity contribution in [3.63, 3.8) is 0 Å². The van der Waals surface area contributed by atoms with Gasteiger partial charge in [-0.1, -0.05) is 18.5 Å². The summed E-state index contributed by atoms with van der Waals surface area (Å²) in [5, 5.41) is 13.9. The highest BCUT2D eigenvalue weighted by Gasteiger charge is 2.20. The number of hydrogen-bond acceptors (Lipinski definition) is 5. The minimum atomic E-state index is -0.282. The summed E-state index contributed by atoms with van der Waals surface area (Å²) in [7, 11) is 0. The van der Waals surface area contributed by atoms with Crippen LogP contribution in [0.3, 0.4) is 0 Å². The first-order valence-electron chi connectivity index (χ1n) is 8.17. The van der Waals surface area contributed by atoms with E-state index in [4.69, 9.17) is 14.0 Å². The molecule has 0 saturated heterocycles. The van der Waals surface area contributed by atoms with Crippen LogP contribution in [0.2, 0.25) is 0 Å². The maximum Gasteiger partial charge on any atom is 0.339 e. The van der Waals surface area contributed by atoms with Crippen LogP contribution in [0, 0.1) is 13.8 Å². The fraction of sp³-hybridized carbons (Fsp3) is 0.368. The Morgan fingerprint density at radius 1 is 1.21 bits per heavy atom. The van der Waals surface area contributed by atoms with E-state index in [1.165, 1.54) is 0 Å². The highest BCUT2D eigenvalue weighted by Crippen LogP contribution is 2.34. The molecule has 5 heteroatoms. The third kappa shape index (κ3) is 2.40. The van der Waals surface area contributed by atoms with Gasteiger partial charge in [-0.15, -0.1) is 0 Å². The Morgan fingerprint density at radius 2 is 1.96 bits per heavy atom. The molecule has 24 heavy (non-hydrogen) atoms. The third-order valence-corrected chi connectivity index (χ3v) is 4.60. The number of benzene rings is 1. The Balaban J connectivity index is 2.36. The Labute approximate surface area is 139 Å². The van der Waals surface area contributed by atoms with E-state index in [1.807, 2.05) is 26.0 Å². The van der Waals surface area contributed by atoms with Crippen molar-refractivity contribution in [3.05, 3.63) is 45.0 Å². The van der Waals surface area contributed by atoms with Crippen LogP contribution in [0.15, 0.2) is 30.9 Å². The van der Waals surface area contributed by atoms with Gasteiger partial charge in [-0.3, -0.25) is 0 Å². The van der Waals surface area contributed by atoms with Crippen molar-refractivity contribution in [2.24, 2.45) is 5.16 Å². The summed E-state index contributed by atoms with van der Waals surface area (Å²) >= 11 is 0. The molecule has 2 aromatic heterocycles. The monoisotopic (exact) mass is 327 g/mol. The van der Waals surface area contributed by atoms with Gasteiger partial charge in [-0.05, 0) is 51.3 Å². The molecule has 0 aliphatic rings. The van der Waals surface area contributed by atoms with Gasteiger partial charge < -0.3 is 14.0 Å². The van der Waals surface area contributed by atoms with Crippen LogP contribution in [-0.2, 0) is 6.42 Å². The smallest absolute Gasteiger partial charge is 0.339 e. The molecule has 5 nitrogen and oxygen atoms in total. The Hall–Kier alpha value is -2.56. The second kappa shape index (κ2) is 6.15. The Bertz CT molecular complexity index is 1010. The molecule has 0 amide bonds. The topological polar surface area (TPSA) is 75.9 Å². The van der Waals surface area contributed by atoms with Crippen molar-refractivity contribution < 1.29 is 14.0 Å². The predicted molar refractivity (Wildman–Crippen MR) is 94.3 cm³/mol. The zero-order valence-electron chi connectivity index (χ0n) is 14.4. The first kappa shape index (κ1) is 16.3. The van der Waals surface area contributed by atoms with Gasteiger partial charge >= 0.3 is 5.63 Å². The largest absolute Gasteiger partial charge is 0.454 e. The molecule has 0 atom stereocenters. The van der Waals surface area contributed by atoms with E-state index in [2.05, 4.69) is 12.1 Å². The van der Waals surface area contributed by atoms with Crippen LogP contribution in [0.1, 0.15) is 49.1 Å². The van der Waals surface area contributed by atoms with Gasteiger partial charge in [0.2, 0.25) is 0 Å². The third-order valence-electron chi connectivity index (χ3n) is 4.60. The summed E-state index contributed by atoms with van der Waals surface area (Å²) in [6.07, 6.45) is 2.71. The average Bonchev–Trinajstić information content (AvgIpc) is 2.91. The zero-order chi connectivity index (χ0) is 17.4. The molecular formula is C19H21NO4. The van der Waals surface area contributed by atoms with Gasteiger partial charge in [0.15, 0.2) is 5.76 Å². The number of fused-ring (bicyclic) bond motifs is 3. The summed E-state index contributed by atoms with van der Waals surface area (Å²) in [5.41, 5.74) is 3.76. The van der Waals surface area contributed by atoms with Crippen LogP contribution in [0.5, 0.6) is 0 Å². The summed E-state index contributed by atoms with van der Waals surface area (Å²) < 4.78 is 11.5. The highest BCUT2D eigenvalue weighted by atomic mass is 16.4. The van der Waals surface area contributed by atoms with Crippen LogP contribution in [0.25, 0.3) is 21.9 Å². The number of hydrogen-bond donors (Lipinski definition) is 1. The molecule has 0 aliphatic heterocycles. The van der Waals surface area contributed by atoms with Gasteiger partial charge in [0.25, 0.3) is 0 Å². The van der Waals surface area contributed by atoms with Crippen molar-refractivity contribution >= 4 is 27.7 Å². The van der Waals surface area contributed by atoms with Crippen molar-refractivity contribution in [1.29, 1.82) is 0 Å². The number of oxime groups is 1. The maximum absolute atomic E-state index is 12.5. The minimum absolute atomic E-state index is 0.282. The summed E-state index contributed by atoms with van der Waals surface area (Å²) in [6, 6.07) is 3.79. The van der Waals surface area contributed by atoms with Crippen molar-refractivity contribution in [3.8, 4) is 0 Å². The average molecular weight is 327 g/mol. The second-order valence-electron chi connectivity index (χ2n) is 6.15. The van der Waals surface area contributed by atoms with Crippen molar-refractivity contribution in [1.82, 2.24) is 0 Å². The number of nitrogens with zero attached hydrogens (tertiary/aromatic N) is 1. The highest BCUT2D eigenvalue weighted by molar-refractivity contribution is 6.10. The molecule has 3 rings (SSSR count). The lowest BCUT2D eigenvalue weighted by Gasteiger charge is -2.08. The first-order chi connectivity index (χ1) is 11.5. The van der Waals surface area contributed by atoms with E-state index in [0.717, 1.165) is 46.7 Å². The maximum atomic E-state index is 12.5. The molecule has 0 aliphatic carbocycles. The normalized spacial score (nSPS) is 12.4. The number of furan rings is 1. The molecule has 1 N–H and O–H groups in total. The number of aryl methyl sites for hydroxylation is 2. The minimum Gasteiger partial charge on any atom is -0.454 e. The molecule has 1 aromatic carbocycles. The second-order valence-corrected chi connectivity index (χ2v) is 6.15. The van der Waals surface area contributed by atoms with Crippen LogP contribution >= 0.6 is 0 Å². The lowest BCUT2D eigenvalue weighted by molar-refractivity contribution is 0.318. The molecule has 0 saturated carbocycles. The summed E-state index contributed by atoms with van der Waals surface area (Å²) in [6.45, 7) is 7.60. The van der Waals surface area contributed by atoms with Gasteiger partial charge in [0.1, 0.15) is 16.9 Å². The van der Waals surface area contributed by atoms with Gasteiger partial charge in [-0.2, -0.15) is 0 Å². The number of rotatable bonds is 4. The Morgan fingerprint density at radius 3 is 2.62 bits per heavy atom. The standard InChI is InChI=1S/C19H21NO4/c1-5-6-7-14-10(2)13-8-9-15-16(18(13)24-19(14)21)11(3)17(23-15)12(4)20-22/h8-9,22H,5-7H2,1-4H3. The SMILES string of the molecule is CCCCc1c(C)c2ccc3oc(C(C)=NO)c(C)c3c2oc1=O. The van der Waals surface area contributed by atoms with Crippen molar-refractivity contribution in [2.45, 2.75) is 47.0 Å². The lowest BCUT2D eigenvalue weighted by Crippen LogP contribution is -2.10. The molecule has 3 aromatic rings. The van der Waals surface area contributed by atoms with E-state index in [9.17, 15) is 4.79 Å².